The minimum atomic E-state index is -5.08. The lowest BCUT2D eigenvalue weighted by molar-refractivity contribution is -0.192. The molecule has 0 unspecified atom stereocenters. The third-order valence-electron chi connectivity index (χ3n) is 5.97. The molecule has 2 heterocycles. The molecule has 0 spiro atoms. The van der Waals surface area contributed by atoms with Crippen LogP contribution >= 0.6 is 23.2 Å². The first kappa shape index (κ1) is 32.6. The largest absolute Gasteiger partial charge is 0.490 e. The van der Waals surface area contributed by atoms with E-state index in [2.05, 4.69) is 34.5 Å². The second-order valence-corrected chi connectivity index (χ2v) is 10.3. The number of carbonyl (C=O) groups is 2. The van der Waals surface area contributed by atoms with Gasteiger partial charge >= 0.3 is 12.1 Å². The number of halogens is 5. The molecule has 0 aliphatic carbocycles. The van der Waals surface area contributed by atoms with E-state index in [1.807, 2.05) is 36.4 Å². The molecule has 0 saturated carbocycles. The third-order valence-corrected chi connectivity index (χ3v) is 6.58. The lowest BCUT2D eigenvalue weighted by Gasteiger charge is -2.37. The summed E-state index contributed by atoms with van der Waals surface area (Å²) < 4.78 is 33.1. The van der Waals surface area contributed by atoms with Crippen LogP contribution in [-0.4, -0.2) is 58.1 Å². The number of hydrogen-bond acceptors (Lipinski definition) is 6. The van der Waals surface area contributed by atoms with Crippen LogP contribution in [-0.2, 0) is 11.3 Å². The second-order valence-electron chi connectivity index (χ2n) is 9.49. The molecule has 1 fully saturated rings. The van der Waals surface area contributed by atoms with Gasteiger partial charge in [-0.05, 0) is 55.8 Å². The highest BCUT2D eigenvalue weighted by atomic mass is 35.5. The summed E-state index contributed by atoms with van der Waals surface area (Å²) >= 11 is 12.3. The summed E-state index contributed by atoms with van der Waals surface area (Å²) in [4.78, 5) is 36.1. The minimum absolute atomic E-state index is 0.190. The van der Waals surface area contributed by atoms with Gasteiger partial charge in [0, 0.05) is 41.4 Å². The number of anilines is 2. The number of carboxylic acid groups (broad SMARTS) is 1. The van der Waals surface area contributed by atoms with Gasteiger partial charge in [0.25, 0.3) is 11.5 Å². The number of hydrogen-bond donors (Lipinski definition) is 3. The highest BCUT2D eigenvalue weighted by molar-refractivity contribution is 6.33. The number of aliphatic carboxylic acids is 1. The van der Waals surface area contributed by atoms with E-state index >= 15 is 0 Å². The zero-order chi connectivity index (χ0) is 31.0. The smallest absolute Gasteiger partial charge is 0.475 e. The Morgan fingerprint density at radius 2 is 1.64 bits per heavy atom. The van der Waals surface area contributed by atoms with E-state index in [1.54, 1.807) is 30.5 Å². The molecule has 1 amide bonds. The zero-order valence-electron chi connectivity index (χ0n) is 22.5. The number of benzene rings is 2. The van der Waals surface area contributed by atoms with Crippen molar-refractivity contribution < 1.29 is 27.9 Å². The molecule has 1 aliphatic heterocycles. The predicted octanol–water partition coefficient (Wildman–Crippen LogP) is 5.34. The fraction of sp³-hybridized carbons (Fsp3) is 0.286. The van der Waals surface area contributed by atoms with Gasteiger partial charge in [0.2, 0.25) is 0 Å². The van der Waals surface area contributed by atoms with Gasteiger partial charge in [0.1, 0.15) is 5.02 Å². The van der Waals surface area contributed by atoms with Crippen LogP contribution in [0.3, 0.4) is 0 Å². The summed E-state index contributed by atoms with van der Waals surface area (Å²) in [5, 5.41) is 18.5. The number of carbonyl (C=O) groups excluding carboxylic acids is 1. The Kier molecular flexibility index (Phi) is 11.1. The van der Waals surface area contributed by atoms with Crippen molar-refractivity contribution >= 4 is 52.5 Å². The van der Waals surface area contributed by atoms with Gasteiger partial charge in [-0.1, -0.05) is 47.5 Å². The van der Waals surface area contributed by atoms with E-state index in [0.717, 1.165) is 18.7 Å². The van der Waals surface area contributed by atoms with E-state index < -0.39 is 12.1 Å². The Hall–Kier alpha value is -3.87. The van der Waals surface area contributed by atoms with Crippen LogP contribution in [0.5, 0.6) is 0 Å². The quantitative estimate of drug-likeness (QED) is 0.339. The van der Waals surface area contributed by atoms with Gasteiger partial charge in [0.05, 0.1) is 18.4 Å². The molecule has 0 radical (unpaired) electrons. The van der Waals surface area contributed by atoms with E-state index in [-0.39, 0.29) is 16.5 Å². The maximum Gasteiger partial charge on any atom is 0.490 e. The molecule has 1 aliphatic rings. The Balaban J connectivity index is 0.000000616. The molecular formula is C28H28Cl2F3N5O4. The van der Waals surface area contributed by atoms with Crippen molar-refractivity contribution in [1.82, 2.24) is 15.1 Å². The van der Waals surface area contributed by atoms with Crippen LogP contribution < -0.4 is 21.1 Å². The molecule has 4 rings (SSSR count). The first-order chi connectivity index (χ1) is 19.7. The number of piperazine rings is 1. The first-order valence-electron chi connectivity index (χ1n) is 12.6. The number of nitrogens with one attached hydrogen (secondary N) is 2. The molecule has 0 bridgehead atoms. The van der Waals surface area contributed by atoms with Gasteiger partial charge in [-0.25, -0.2) is 9.48 Å². The van der Waals surface area contributed by atoms with Crippen molar-refractivity contribution in [2.75, 3.05) is 23.3 Å². The average Bonchev–Trinajstić information content (AvgIpc) is 2.91. The van der Waals surface area contributed by atoms with E-state index in [0.29, 0.717) is 40.6 Å². The molecule has 2 aromatic carbocycles. The standard InChI is InChI=1S/C26H27Cl2N5O2.C2HF3O2/c1-17-15-32(16-18(2)30-17)23-14-29-33(26(35)24(23)28)13-3-4-19-5-11-22(12-6-19)31-25(34)20-7-9-21(27)10-8-20;3-2(4,5)1(6)7/h3-12,14,17-18,30H,13,15-16H2,1-2H3,(H,31,34);(H,6,7)/b4-3+;/t17-,18+;. The van der Waals surface area contributed by atoms with Crippen LogP contribution in [0, 0.1) is 0 Å². The van der Waals surface area contributed by atoms with Gasteiger partial charge in [0.15, 0.2) is 0 Å². The van der Waals surface area contributed by atoms with Crippen molar-refractivity contribution in [3.05, 3.63) is 92.3 Å². The van der Waals surface area contributed by atoms with Crippen LogP contribution in [0.2, 0.25) is 10.0 Å². The molecule has 224 valence electrons. The summed E-state index contributed by atoms with van der Waals surface area (Å²) in [5.74, 6) is -2.96. The number of nitrogens with zero attached hydrogens (tertiary/aromatic N) is 3. The number of aromatic nitrogens is 2. The topological polar surface area (TPSA) is 117 Å². The SMILES string of the molecule is C[C@@H]1CN(c2cnn(C/C=C/c3ccc(NC(=O)c4ccc(Cl)cc4)cc3)c(=O)c2Cl)C[C@H](C)N1.O=C(O)C(F)(F)F. The van der Waals surface area contributed by atoms with E-state index in [1.165, 1.54) is 4.68 Å². The fourth-order valence-electron chi connectivity index (χ4n) is 4.10. The molecule has 3 aromatic rings. The Morgan fingerprint density at radius 3 is 2.19 bits per heavy atom. The maximum atomic E-state index is 12.8. The number of rotatable bonds is 6. The lowest BCUT2D eigenvalue weighted by atomic mass is 10.1. The fourth-order valence-corrected chi connectivity index (χ4v) is 4.49. The molecule has 3 N–H and O–H groups in total. The second kappa shape index (κ2) is 14.3. The van der Waals surface area contributed by atoms with Crippen molar-refractivity contribution in [2.24, 2.45) is 0 Å². The van der Waals surface area contributed by atoms with Crippen LogP contribution in [0.15, 0.2) is 65.6 Å². The Bertz CT molecular complexity index is 1470. The summed E-state index contributed by atoms with van der Waals surface area (Å²) in [6.45, 7) is 6.05. The van der Waals surface area contributed by atoms with Crippen LogP contribution in [0.25, 0.3) is 6.08 Å². The summed E-state index contributed by atoms with van der Waals surface area (Å²) in [5.41, 5.74) is 2.50. The molecule has 9 nitrogen and oxygen atoms in total. The molecule has 1 saturated heterocycles. The maximum absolute atomic E-state index is 12.8. The number of carboxylic acids is 1. The van der Waals surface area contributed by atoms with Crippen molar-refractivity contribution in [1.29, 1.82) is 0 Å². The summed E-state index contributed by atoms with van der Waals surface area (Å²) in [6, 6.07) is 14.7. The molecular weight excluding hydrogens is 598 g/mol. The predicted molar refractivity (Wildman–Crippen MR) is 156 cm³/mol. The first-order valence-corrected chi connectivity index (χ1v) is 13.4. The number of allylic oxidation sites excluding steroid dienone is 1. The monoisotopic (exact) mass is 625 g/mol. The minimum Gasteiger partial charge on any atom is -0.475 e. The van der Waals surface area contributed by atoms with E-state index in [9.17, 15) is 22.8 Å². The van der Waals surface area contributed by atoms with Crippen molar-refractivity contribution in [2.45, 2.75) is 38.7 Å². The molecule has 42 heavy (non-hydrogen) atoms. The Labute approximate surface area is 249 Å². The molecule has 2 atom stereocenters. The number of amides is 1. The van der Waals surface area contributed by atoms with E-state index in [4.69, 9.17) is 33.1 Å². The van der Waals surface area contributed by atoms with Crippen molar-refractivity contribution in [3.8, 4) is 0 Å². The summed E-state index contributed by atoms with van der Waals surface area (Å²) in [7, 11) is 0. The third kappa shape index (κ3) is 9.33. The highest BCUT2D eigenvalue weighted by Gasteiger charge is 2.38. The van der Waals surface area contributed by atoms with Gasteiger partial charge < -0.3 is 20.6 Å². The van der Waals surface area contributed by atoms with Gasteiger partial charge in [-0.2, -0.15) is 18.3 Å². The average molecular weight is 626 g/mol. The normalized spacial score (nSPS) is 17.0. The van der Waals surface area contributed by atoms with Crippen molar-refractivity contribution in [3.63, 3.8) is 0 Å². The lowest BCUT2D eigenvalue weighted by Crippen LogP contribution is -2.54. The zero-order valence-corrected chi connectivity index (χ0v) is 24.0. The van der Waals surface area contributed by atoms with Gasteiger partial charge in [-0.3, -0.25) is 9.59 Å². The highest BCUT2D eigenvalue weighted by Crippen LogP contribution is 2.23. The van der Waals surface area contributed by atoms with Crippen LogP contribution in [0.4, 0.5) is 24.5 Å². The van der Waals surface area contributed by atoms with Crippen LogP contribution in [0.1, 0.15) is 29.8 Å². The molecule has 1 aromatic heterocycles. The Morgan fingerprint density at radius 1 is 1.07 bits per heavy atom. The van der Waals surface area contributed by atoms with Gasteiger partial charge in [-0.15, -0.1) is 0 Å². The summed E-state index contributed by atoms with van der Waals surface area (Å²) in [6.07, 6.45) is 0.321. The number of alkyl halides is 3. The molecule has 14 heteroatoms.